The Kier molecular flexibility index (Phi) is 11.0. The van der Waals surface area contributed by atoms with Crippen LogP contribution >= 0.6 is 24.0 Å². The second-order valence-electron chi connectivity index (χ2n) is 6.27. The minimum atomic E-state index is -3.21. The first kappa shape index (κ1) is 26.1. The fourth-order valence-electron chi connectivity index (χ4n) is 2.58. The van der Waals surface area contributed by atoms with Gasteiger partial charge in [-0.15, -0.1) is 24.0 Å². The first-order chi connectivity index (χ1) is 13.8. The predicted molar refractivity (Wildman–Crippen MR) is 125 cm³/mol. The second-order valence-corrected chi connectivity index (χ2v) is 8.29. The van der Waals surface area contributed by atoms with Gasteiger partial charge in [-0.3, -0.25) is 0 Å². The molecule has 0 aliphatic carbocycles. The van der Waals surface area contributed by atoms with E-state index in [9.17, 15) is 17.2 Å². The molecule has 30 heavy (non-hydrogen) atoms. The van der Waals surface area contributed by atoms with Gasteiger partial charge in [-0.05, 0) is 37.1 Å². The molecule has 0 aliphatic heterocycles. The molecule has 0 unspecified atom stereocenters. The van der Waals surface area contributed by atoms with Crippen LogP contribution in [-0.4, -0.2) is 40.3 Å². The first-order valence-electron chi connectivity index (χ1n) is 9.13. The van der Waals surface area contributed by atoms with E-state index in [1.165, 1.54) is 12.3 Å². The molecule has 0 fully saturated rings. The van der Waals surface area contributed by atoms with Crippen molar-refractivity contribution in [1.82, 2.24) is 10.6 Å². The van der Waals surface area contributed by atoms with Crippen molar-refractivity contribution in [3.8, 4) is 5.75 Å². The lowest BCUT2D eigenvalue weighted by Crippen LogP contribution is -2.38. The Morgan fingerprint density at radius 1 is 1.10 bits per heavy atom. The quantitative estimate of drug-likeness (QED) is 0.282. The van der Waals surface area contributed by atoms with Crippen molar-refractivity contribution in [2.24, 2.45) is 4.99 Å². The topological polar surface area (TPSA) is 79.8 Å². The first-order valence-corrected chi connectivity index (χ1v) is 11.0. The Hall–Kier alpha value is -1.95. The summed E-state index contributed by atoms with van der Waals surface area (Å²) < 4.78 is 52.6. The van der Waals surface area contributed by atoms with E-state index in [0.717, 1.165) is 5.56 Å². The fourth-order valence-corrected chi connectivity index (χ4v) is 3.21. The lowest BCUT2D eigenvalue weighted by Gasteiger charge is -2.13. The number of nitrogens with zero attached hydrogens (tertiary/aromatic N) is 1. The average molecular weight is 553 g/mol. The van der Waals surface area contributed by atoms with Crippen LogP contribution in [0.2, 0.25) is 0 Å². The lowest BCUT2D eigenvalue weighted by molar-refractivity contribution is -0.0504. The van der Waals surface area contributed by atoms with Gasteiger partial charge in [-0.2, -0.15) is 8.78 Å². The third-order valence-corrected chi connectivity index (χ3v) is 5.13. The van der Waals surface area contributed by atoms with Crippen molar-refractivity contribution >= 4 is 39.8 Å². The molecule has 2 N–H and O–H groups in total. The molecule has 0 radical (unpaired) electrons. The highest BCUT2D eigenvalue weighted by Gasteiger charge is 2.09. The largest absolute Gasteiger partial charge is 0.434 e. The number of halogens is 3. The van der Waals surface area contributed by atoms with Gasteiger partial charge < -0.3 is 15.4 Å². The van der Waals surface area contributed by atoms with Crippen molar-refractivity contribution in [2.75, 3.05) is 19.3 Å². The third-order valence-electron chi connectivity index (χ3n) is 4.00. The van der Waals surface area contributed by atoms with Gasteiger partial charge in [-0.25, -0.2) is 13.4 Å². The monoisotopic (exact) mass is 553 g/mol. The number of alkyl halides is 2. The van der Waals surface area contributed by atoms with Crippen LogP contribution in [0.1, 0.15) is 18.1 Å². The van der Waals surface area contributed by atoms with Crippen molar-refractivity contribution in [2.45, 2.75) is 31.4 Å². The summed E-state index contributed by atoms with van der Waals surface area (Å²) in [7, 11) is -3.21. The Balaban J connectivity index is 0.00000450. The van der Waals surface area contributed by atoms with Gasteiger partial charge in [0.1, 0.15) is 5.75 Å². The van der Waals surface area contributed by atoms with Crippen LogP contribution in [0, 0.1) is 0 Å². The summed E-state index contributed by atoms with van der Waals surface area (Å²) >= 11 is 0. The standard InChI is InChI=1S/C20H25F2N3O3S.HI/c1-3-23-20(25-14-16-6-4-5-7-18(16)28-19(21)22)24-13-12-15-8-10-17(11-9-15)29(2,26)27;/h4-11,19H,3,12-14H2,1-2H3,(H2,23,24,25);1H. The Morgan fingerprint density at radius 3 is 2.37 bits per heavy atom. The number of rotatable bonds is 9. The van der Waals surface area contributed by atoms with Gasteiger partial charge in [-0.1, -0.05) is 30.3 Å². The highest BCUT2D eigenvalue weighted by Crippen LogP contribution is 2.20. The van der Waals surface area contributed by atoms with Crippen LogP contribution in [0.15, 0.2) is 58.4 Å². The number of ether oxygens (including phenoxy) is 1. The SMILES string of the molecule is CCNC(=NCc1ccccc1OC(F)F)NCCc1ccc(S(C)(=O)=O)cc1.I. The normalized spacial score (nSPS) is 11.7. The molecule has 0 atom stereocenters. The zero-order valence-electron chi connectivity index (χ0n) is 16.8. The molecule has 166 valence electrons. The van der Waals surface area contributed by atoms with E-state index in [1.807, 2.05) is 6.92 Å². The molecular weight excluding hydrogens is 527 g/mol. The van der Waals surface area contributed by atoms with Crippen molar-refractivity contribution in [3.63, 3.8) is 0 Å². The number of benzene rings is 2. The number of hydrogen-bond donors (Lipinski definition) is 2. The molecule has 0 bridgehead atoms. The number of para-hydroxylation sites is 1. The molecule has 2 aromatic carbocycles. The molecule has 2 rings (SSSR count). The molecule has 0 aliphatic rings. The highest BCUT2D eigenvalue weighted by atomic mass is 127. The molecule has 2 aromatic rings. The van der Waals surface area contributed by atoms with Gasteiger partial charge in [0.05, 0.1) is 11.4 Å². The molecule has 0 heterocycles. The summed E-state index contributed by atoms with van der Waals surface area (Å²) in [5.74, 6) is 0.653. The van der Waals surface area contributed by atoms with Crippen molar-refractivity contribution in [1.29, 1.82) is 0 Å². The van der Waals surface area contributed by atoms with Crippen LogP contribution in [0.5, 0.6) is 5.75 Å². The number of nitrogens with one attached hydrogen (secondary N) is 2. The van der Waals surface area contributed by atoms with Crippen LogP contribution in [0.3, 0.4) is 0 Å². The molecule has 6 nitrogen and oxygen atoms in total. The van der Waals surface area contributed by atoms with Gasteiger partial charge in [0.25, 0.3) is 0 Å². The van der Waals surface area contributed by atoms with E-state index in [4.69, 9.17) is 0 Å². The zero-order chi connectivity index (χ0) is 21.3. The van der Waals surface area contributed by atoms with Gasteiger partial charge in [0.15, 0.2) is 15.8 Å². The van der Waals surface area contributed by atoms with Crippen LogP contribution in [-0.2, 0) is 22.8 Å². The minimum absolute atomic E-state index is 0. The Bertz CT molecular complexity index is 923. The van der Waals surface area contributed by atoms with Crippen LogP contribution in [0.25, 0.3) is 0 Å². The molecule has 0 amide bonds. The molecule has 10 heteroatoms. The maximum absolute atomic E-state index is 12.5. The maximum atomic E-state index is 12.5. The van der Waals surface area contributed by atoms with Crippen molar-refractivity contribution in [3.05, 3.63) is 59.7 Å². The average Bonchev–Trinajstić information content (AvgIpc) is 2.66. The lowest BCUT2D eigenvalue weighted by atomic mass is 10.1. The van der Waals surface area contributed by atoms with E-state index in [0.29, 0.717) is 31.0 Å². The van der Waals surface area contributed by atoms with E-state index >= 15 is 0 Å². The number of guanidine groups is 1. The predicted octanol–water partition coefficient (Wildman–Crippen LogP) is 3.61. The fraction of sp³-hybridized carbons (Fsp3) is 0.350. The van der Waals surface area contributed by atoms with E-state index in [1.54, 1.807) is 42.5 Å². The summed E-state index contributed by atoms with van der Waals surface area (Å²) in [5.41, 5.74) is 1.54. The Labute approximate surface area is 193 Å². The smallest absolute Gasteiger partial charge is 0.387 e. The summed E-state index contributed by atoms with van der Waals surface area (Å²) in [6, 6.07) is 13.3. The summed E-state index contributed by atoms with van der Waals surface area (Å²) in [6.07, 6.45) is 1.84. The van der Waals surface area contributed by atoms with Crippen molar-refractivity contribution < 1.29 is 21.9 Å². The number of sulfone groups is 1. The second kappa shape index (κ2) is 12.7. The third kappa shape index (κ3) is 8.82. The zero-order valence-corrected chi connectivity index (χ0v) is 19.9. The van der Waals surface area contributed by atoms with Gasteiger partial charge in [0, 0.05) is 24.9 Å². The molecular formula is C20H26F2IN3O3S. The molecule has 0 aromatic heterocycles. The summed E-state index contributed by atoms with van der Waals surface area (Å²) in [6.45, 7) is 0.431. The van der Waals surface area contributed by atoms with E-state index in [-0.39, 0.29) is 41.2 Å². The van der Waals surface area contributed by atoms with Crippen LogP contribution in [0.4, 0.5) is 8.78 Å². The number of aliphatic imine (C=N–C) groups is 1. The van der Waals surface area contributed by atoms with Gasteiger partial charge >= 0.3 is 6.61 Å². The number of hydrogen-bond acceptors (Lipinski definition) is 4. The summed E-state index contributed by atoms with van der Waals surface area (Å²) in [4.78, 5) is 4.71. The van der Waals surface area contributed by atoms with Crippen LogP contribution < -0.4 is 15.4 Å². The molecule has 0 saturated carbocycles. The van der Waals surface area contributed by atoms with E-state index in [2.05, 4.69) is 20.4 Å². The summed E-state index contributed by atoms with van der Waals surface area (Å²) in [5, 5.41) is 6.28. The maximum Gasteiger partial charge on any atom is 0.387 e. The Morgan fingerprint density at radius 2 is 1.77 bits per heavy atom. The highest BCUT2D eigenvalue weighted by molar-refractivity contribution is 14.0. The van der Waals surface area contributed by atoms with Gasteiger partial charge in [0.2, 0.25) is 0 Å². The van der Waals surface area contributed by atoms with E-state index < -0.39 is 16.4 Å². The minimum Gasteiger partial charge on any atom is -0.434 e. The molecule has 0 saturated heterocycles. The molecule has 0 spiro atoms.